The van der Waals surface area contributed by atoms with Gasteiger partial charge in [0.2, 0.25) is 0 Å². The largest absolute Gasteiger partial charge is 0.345 e. The highest BCUT2D eigenvalue weighted by molar-refractivity contribution is 5.48. The molecule has 0 bridgehead atoms. The van der Waals surface area contributed by atoms with Gasteiger partial charge in [0.1, 0.15) is 5.69 Å². The second-order valence-electron chi connectivity index (χ2n) is 4.50. The van der Waals surface area contributed by atoms with Gasteiger partial charge in [-0.1, -0.05) is 6.07 Å². The Labute approximate surface area is 98.7 Å². The summed E-state index contributed by atoms with van der Waals surface area (Å²) < 4.78 is 3.12. The molecule has 1 aliphatic rings. The van der Waals surface area contributed by atoms with Gasteiger partial charge in [-0.2, -0.15) is 0 Å². The summed E-state index contributed by atoms with van der Waals surface area (Å²) in [5.74, 6) is 1.31. The van der Waals surface area contributed by atoms with Gasteiger partial charge in [0.05, 0.1) is 0 Å². The molecule has 1 saturated carbocycles. The Morgan fingerprint density at radius 1 is 1.41 bits per heavy atom. The maximum Gasteiger partial charge on any atom is 0.345 e. The van der Waals surface area contributed by atoms with Gasteiger partial charge >= 0.3 is 5.69 Å². The number of aryl methyl sites for hydroxylation is 1. The van der Waals surface area contributed by atoms with Crippen LogP contribution in [0, 0.1) is 5.92 Å². The van der Waals surface area contributed by atoms with Crippen molar-refractivity contribution >= 4 is 0 Å². The molecule has 0 amide bonds. The minimum absolute atomic E-state index is 0.0578. The zero-order valence-corrected chi connectivity index (χ0v) is 9.71. The Hall–Kier alpha value is -1.91. The second-order valence-corrected chi connectivity index (χ2v) is 4.50. The fraction of sp³-hybridized carbons (Fsp3) is 0.417. The molecule has 2 aromatic heterocycles. The summed E-state index contributed by atoms with van der Waals surface area (Å²) in [4.78, 5) is 16.2. The number of hydrogen-bond acceptors (Lipinski definition) is 3. The second kappa shape index (κ2) is 3.84. The molecule has 0 N–H and O–H groups in total. The van der Waals surface area contributed by atoms with Gasteiger partial charge in [-0.25, -0.2) is 9.48 Å². The SMILES string of the molecule is Cn1nc(-c2ccccn2)n(CC2CC2)c1=O. The molecule has 0 aromatic carbocycles. The molecule has 0 aliphatic heterocycles. The van der Waals surface area contributed by atoms with E-state index in [1.54, 1.807) is 17.8 Å². The van der Waals surface area contributed by atoms with E-state index in [-0.39, 0.29) is 5.69 Å². The number of aromatic nitrogens is 4. The highest BCUT2D eigenvalue weighted by Gasteiger charge is 2.25. The average Bonchev–Trinajstić information content (AvgIpc) is 3.13. The summed E-state index contributed by atoms with van der Waals surface area (Å²) in [6.45, 7) is 0.762. The zero-order chi connectivity index (χ0) is 11.8. The molecule has 0 spiro atoms. The summed E-state index contributed by atoms with van der Waals surface area (Å²) in [6, 6.07) is 5.64. The van der Waals surface area contributed by atoms with E-state index >= 15 is 0 Å². The lowest BCUT2D eigenvalue weighted by Crippen LogP contribution is -2.23. The van der Waals surface area contributed by atoms with Gasteiger partial charge in [0.25, 0.3) is 0 Å². The van der Waals surface area contributed by atoms with Crippen LogP contribution in [0.2, 0.25) is 0 Å². The lowest BCUT2D eigenvalue weighted by Gasteiger charge is -2.03. The first-order chi connectivity index (χ1) is 8.25. The molecule has 5 heteroatoms. The summed E-state index contributed by atoms with van der Waals surface area (Å²) in [5, 5.41) is 4.27. The third-order valence-electron chi connectivity index (χ3n) is 3.04. The minimum atomic E-state index is -0.0578. The monoisotopic (exact) mass is 230 g/mol. The van der Waals surface area contributed by atoms with Crippen molar-refractivity contribution in [1.29, 1.82) is 0 Å². The van der Waals surface area contributed by atoms with Crippen molar-refractivity contribution < 1.29 is 0 Å². The summed E-state index contributed by atoms with van der Waals surface area (Å²) in [5.41, 5.74) is 0.698. The molecular formula is C12H14N4O. The van der Waals surface area contributed by atoms with E-state index in [2.05, 4.69) is 10.1 Å². The maximum absolute atomic E-state index is 12.0. The van der Waals surface area contributed by atoms with Gasteiger partial charge in [-0.15, -0.1) is 5.10 Å². The summed E-state index contributed by atoms with van der Waals surface area (Å²) in [6.07, 6.45) is 4.14. The average molecular weight is 230 g/mol. The molecule has 17 heavy (non-hydrogen) atoms. The quantitative estimate of drug-likeness (QED) is 0.792. The smallest absolute Gasteiger partial charge is 0.273 e. The predicted molar refractivity (Wildman–Crippen MR) is 63.4 cm³/mol. The first kappa shape index (κ1) is 10.3. The molecule has 5 nitrogen and oxygen atoms in total. The molecule has 0 saturated heterocycles. The van der Waals surface area contributed by atoms with Crippen LogP contribution in [-0.4, -0.2) is 19.3 Å². The standard InChI is InChI=1S/C12H14N4O/c1-15-12(17)16(8-9-5-6-9)11(14-15)10-4-2-3-7-13-10/h2-4,7,9H,5-6,8H2,1H3. The van der Waals surface area contributed by atoms with E-state index in [4.69, 9.17) is 0 Å². The van der Waals surface area contributed by atoms with Crippen LogP contribution in [0.25, 0.3) is 11.5 Å². The topological polar surface area (TPSA) is 52.7 Å². The first-order valence-electron chi connectivity index (χ1n) is 5.81. The first-order valence-corrected chi connectivity index (χ1v) is 5.81. The Bertz CT molecular complexity index is 580. The third kappa shape index (κ3) is 1.88. The van der Waals surface area contributed by atoms with Crippen LogP contribution in [0.4, 0.5) is 0 Å². The number of pyridine rings is 1. The van der Waals surface area contributed by atoms with Crippen molar-refractivity contribution in [3.05, 3.63) is 34.9 Å². The van der Waals surface area contributed by atoms with E-state index in [0.717, 1.165) is 12.2 Å². The Kier molecular flexibility index (Phi) is 2.31. The fourth-order valence-electron chi connectivity index (χ4n) is 1.91. The van der Waals surface area contributed by atoms with Crippen LogP contribution in [0.1, 0.15) is 12.8 Å². The van der Waals surface area contributed by atoms with Crippen LogP contribution in [0.15, 0.2) is 29.2 Å². The Morgan fingerprint density at radius 2 is 2.24 bits per heavy atom. The van der Waals surface area contributed by atoms with E-state index < -0.39 is 0 Å². The number of hydrogen-bond donors (Lipinski definition) is 0. The molecule has 0 radical (unpaired) electrons. The van der Waals surface area contributed by atoms with Crippen molar-refractivity contribution in [2.24, 2.45) is 13.0 Å². The molecule has 0 atom stereocenters. The van der Waals surface area contributed by atoms with Crippen LogP contribution < -0.4 is 5.69 Å². The van der Waals surface area contributed by atoms with Crippen LogP contribution in [0.5, 0.6) is 0 Å². The minimum Gasteiger partial charge on any atom is -0.273 e. The van der Waals surface area contributed by atoms with Gasteiger partial charge in [0, 0.05) is 19.8 Å². The molecular weight excluding hydrogens is 216 g/mol. The van der Waals surface area contributed by atoms with E-state index in [9.17, 15) is 4.79 Å². The van der Waals surface area contributed by atoms with Crippen molar-refractivity contribution in [2.45, 2.75) is 19.4 Å². The lowest BCUT2D eigenvalue weighted by atomic mass is 10.3. The van der Waals surface area contributed by atoms with Crippen LogP contribution in [0.3, 0.4) is 0 Å². The molecule has 1 fully saturated rings. The van der Waals surface area contributed by atoms with Gasteiger partial charge < -0.3 is 0 Å². The van der Waals surface area contributed by atoms with Crippen molar-refractivity contribution in [2.75, 3.05) is 0 Å². The zero-order valence-electron chi connectivity index (χ0n) is 9.71. The highest BCUT2D eigenvalue weighted by Crippen LogP contribution is 2.31. The third-order valence-corrected chi connectivity index (χ3v) is 3.04. The molecule has 3 rings (SSSR count). The Morgan fingerprint density at radius 3 is 2.88 bits per heavy atom. The van der Waals surface area contributed by atoms with Crippen molar-refractivity contribution in [1.82, 2.24) is 19.3 Å². The molecule has 0 unspecified atom stereocenters. The summed E-state index contributed by atoms with van der Waals surface area (Å²) in [7, 11) is 1.68. The van der Waals surface area contributed by atoms with Gasteiger partial charge in [0.15, 0.2) is 5.82 Å². The lowest BCUT2D eigenvalue weighted by molar-refractivity contribution is 0.597. The van der Waals surface area contributed by atoms with E-state index in [1.807, 2.05) is 18.2 Å². The number of rotatable bonds is 3. The molecule has 2 heterocycles. The van der Waals surface area contributed by atoms with E-state index in [1.165, 1.54) is 17.5 Å². The van der Waals surface area contributed by atoms with Crippen molar-refractivity contribution in [3.8, 4) is 11.5 Å². The van der Waals surface area contributed by atoms with E-state index in [0.29, 0.717) is 11.7 Å². The highest BCUT2D eigenvalue weighted by atomic mass is 16.2. The normalized spacial score (nSPS) is 15.1. The number of nitrogens with zero attached hydrogens (tertiary/aromatic N) is 4. The van der Waals surface area contributed by atoms with Crippen molar-refractivity contribution in [3.63, 3.8) is 0 Å². The van der Waals surface area contributed by atoms with Crippen LogP contribution >= 0.6 is 0 Å². The van der Waals surface area contributed by atoms with Crippen LogP contribution in [-0.2, 0) is 13.6 Å². The molecule has 1 aliphatic carbocycles. The van der Waals surface area contributed by atoms with Gasteiger partial charge in [-0.05, 0) is 30.9 Å². The molecule has 88 valence electrons. The fourth-order valence-corrected chi connectivity index (χ4v) is 1.91. The van der Waals surface area contributed by atoms with Gasteiger partial charge in [-0.3, -0.25) is 9.55 Å². The predicted octanol–water partition coefficient (Wildman–Crippen LogP) is 1.05. The Balaban J connectivity index is 2.09. The summed E-state index contributed by atoms with van der Waals surface area (Å²) >= 11 is 0. The molecule has 2 aromatic rings. The maximum atomic E-state index is 12.0.